The summed E-state index contributed by atoms with van der Waals surface area (Å²) >= 11 is 11.9. The van der Waals surface area contributed by atoms with Gasteiger partial charge in [0, 0.05) is 5.56 Å². The van der Waals surface area contributed by atoms with Gasteiger partial charge in [-0.1, -0.05) is 59.6 Å². The molecule has 1 atom stereocenters. The Bertz CT molecular complexity index is 882. The smallest absolute Gasteiger partial charge is 0.244 e. The average molecular weight is 376 g/mol. The standard InChI is InChI=1S/C17H15Cl2N5O/c1-11(13-7-8-14(18)15(19)9-13)20-16(25)10-24-22-17(21-23-24)12-5-3-2-4-6-12/h2-9,11H,10H2,1H3,(H,20,25)/t11-/m1/s1. The number of nitrogens with one attached hydrogen (secondary N) is 1. The van der Waals surface area contributed by atoms with Crippen LogP contribution in [0.15, 0.2) is 48.5 Å². The van der Waals surface area contributed by atoms with Crippen LogP contribution in [0.3, 0.4) is 0 Å². The fourth-order valence-corrected chi connectivity index (χ4v) is 2.60. The summed E-state index contributed by atoms with van der Waals surface area (Å²) in [6.45, 7) is 1.84. The fraction of sp³-hybridized carbons (Fsp3) is 0.176. The maximum absolute atomic E-state index is 12.2. The van der Waals surface area contributed by atoms with Crippen LogP contribution in [0.2, 0.25) is 10.0 Å². The highest BCUT2D eigenvalue weighted by atomic mass is 35.5. The van der Waals surface area contributed by atoms with Crippen LogP contribution < -0.4 is 5.32 Å². The number of hydrogen-bond donors (Lipinski definition) is 1. The van der Waals surface area contributed by atoms with E-state index in [1.807, 2.05) is 43.3 Å². The van der Waals surface area contributed by atoms with Gasteiger partial charge in [0.2, 0.25) is 11.7 Å². The third-order valence-electron chi connectivity index (χ3n) is 3.59. The first-order valence-electron chi connectivity index (χ1n) is 7.60. The lowest BCUT2D eigenvalue weighted by atomic mass is 10.1. The van der Waals surface area contributed by atoms with Gasteiger partial charge in [-0.2, -0.15) is 4.80 Å². The molecule has 0 bridgehead atoms. The molecule has 0 radical (unpaired) electrons. The molecule has 3 aromatic rings. The molecule has 0 fully saturated rings. The van der Waals surface area contributed by atoms with Gasteiger partial charge in [-0.25, -0.2) is 0 Å². The van der Waals surface area contributed by atoms with Gasteiger partial charge in [-0.05, 0) is 29.8 Å². The lowest BCUT2D eigenvalue weighted by Crippen LogP contribution is -2.30. The van der Waals surface area contributed by atoms with Crippen molar-refractivity contribution in [1.82, 2.24) is 25.5 Å². The summed E-state index contributed by atoms with van der Waals surface area (Å²) in [5, 5.41) is 15.9. The van der Waals surface area contributed by atoms with Crippen LogP contribution in [-0.4, -0.2) is 26.1 Å². The van der Waals surface area contributed by atoms with Gasteiger partial charge in [-0.3, -0.25) is 4.79 Å². The molecule has 0 saturated carbocycles. The van der Waals surface area contributed by atoms with E-state index < -0.39 is 0 Å². The highest BCUT2D eigenvalue weighted by Crippen LogP contribution is 2.25. The fourth-order valence-electron chi connectivity index (χ4n) is 2.29. The first-order valence-corrected chi connectivity index (χ1v) is 8.36. The topological polar surface area (TPSA) is 72.7 Å². The third kappa shape index (κ3) is 4.35. The van der Waals surface area contributed by atoms with Crippen molar-refractivity contribution in [1.29, 1.82) is 0 Å². The van der Waals surface area contributed by atoms with Crippen LogP contribution in [0.1, 0.15) is 18.5 Å². The van der Waals surface area contributed by atoms with E-state index in [1.54, 1.807) is 12.1 Å². The quantitative estimate of drug-likeness (QED) is 0.740. The Hall–Kier alpha value is -2.44. The Kier molecular flexibility index (Phi) is 5.31. The maximum atomic E-state index is 12.2. The molecule has 3 rings (SSSR count). The zero-order chi connectivity index (χ0) is 17.8. The highest BCUT2D eigenvalue weighted by molar-refractivity contribution is 6.42. The van der Waals surface area contributed by atoms with Crippen molar-refractivity contribution in [2.75, 3.05) is 0 Å². The lowest BCUT2D eigenvalue weighted by Gasteiger charge is -2.14. The van der Waals surface area contributed by atoms with Crippen molar-refractivity contribution >= 4 is 29.1 Å². The predicted octanol–water partition coefficient (Wildman–Crippen LogP) is 3.52. The maximum Gasteiger partial charge on any atom is 0.244 e. The molecule has 0 aliphatic carbocycles. The van der Waals surface area contributed by atoms with Crippen LogP contribution in [0.25, 0.3) is 11.4 Å². The van der Waals surface area contributed by atoms with Gasteiger partial charge in [0.05, 0.1) is 16.1 Å². The molecule has 2 aromatic carbocycles. The summed E-state index contributed by atoms with van der Waals surface area (Å²) in [6.07, 6.45) is 0. The monoisotopic (exact) mass is 375 g/mol. The molecule has 0 aliphatic rings. The zero-order valence-electron chi connectivity index (χ0n) is 13.4. The summed E-state index contributed by atoms with van der Waals surface area (Å²) in [6, 6.07) is 14.5. The molecule has 25 heavy (non-hydrogen) atoms. The lowest BCUT2D eigenvalue weighted by molar-refractivity contribution is -0.122. The Morgan fingerprint density at radius 2 is 1.92 bits per heavy atom. The predicted molar refractivity (Wildman–Crippen MR) is 96.3 cm³/mol. The number of benzene rings is 2. The van der Waals surface area contributed by atoms with Crippen molar-refractivity contribution in [3.05, 3.63) is 64.1 Å². The van der Waals surface area contributed by atoms with E-state index in [-0.39, 0.29) is 18.5 Å². The second-order valence-electron chi connectivity index (χ2n) is 5.47. The normalized spacial score (nSPS) is 12.0. The molecule has 0 unspecified atom stereocenters. The Balaban J connectivity index is 1.62. The Morgan fingerprint density at radius 1 is 1.16 bits per heavy atom. The largest absolute Gasteiger partial charge is 0.348 e. The Morgan fingerprint density at radius 3 is 2.64 bits per heavy atom. The van der Waals surface area contributed by atoms with Gasteiger partial charge in [0.25, 0.3) is 0 Å². The van der Waals surface area contributed by atoms with E-state index in [2.05, 4.69) is 20.7 Å². The van der Waals surface area contributed by atoms with E-state index in [4.69, 9.17) is 23.2 Å². The summed E-state index contributed by atoms with van der Waals surface area (Å²) in [4.78, 5) is 13.5. The summed E-state index contributed by atoms with van der Waals surface area (Å²) in [5.41, 5.74) is 1.71. The van der Waals surface area contributed by atoms with Crippen LogP contribution in [0.4, 0.5) is 0 Å². The van der Waals surface area contributed by atoms with Gasteiger partial charge in [0.15, 0.2) is 0 Å². The van der Waals surface area contributed by atoms with Crippen molar-refractivity contribution in [2.24, 2.45) is 0 Å². The number of amides is 1. The summed E-state index contributed by atoms with van der Waals surface area (Å²) < 4.78 is 0. The molecule has 8 heteroatoms. The van der Waals surface area contributed by atoms with Crippen molar-refractivity contribution < 1.29 is 4.79 Å². The third-order valence-corrected chi connectivity index (χ3v) is 4.33. The number of carbonyl (C=O) groups excluding carboxylic acids is 1. The first-order chi connectivity index (χ1) is 12.0. The minimum atomic E-state index is -0.226. The van der Waals surface area contributed by atoms with Gasteiger partial charge in [0.1, 0.15) is 6.54 Å². The van der Waals surface area contributed by atoms with E-state index >= 15 is 0 Å². The van der Waals surface area contributed by atoms with Crippen molar-refractivity contribution in [2.45, 2.75) is 19.5 Å². The minimum Gasteiger partial charge on any atom is -0.348 e. The molecule has 1 aromatic heterocycles. The minimum absolute atomic E-state index is 0.0223. The van der Waals surface area contributed by atoms with Crippen LogP contribution >= 0.6 is 23.2 Å². The van der Waals surface area contributed by atoms with E-state index in [0.29, 0.717) is 15.9 Å². The second-order valence-corrected chi connectivity index (χ2v) is 6.29. The number of hydrogen-bond acceptors (Lipinski definition) is 4. The average Bonchev–Trinajstić information content (AvgIpc) is 3.06. The molecule has 1 N–H and O–H groups in total. The summed E-state index contributed by atoms with van der Waals surface area (Å²) in [7, 11) is 0. The number of nitrogens with zero attached hydrogens (tertiary/aromatic N) is 4. The molecule has 1 amide bonds. The molecule has 1 heterocycles. The molecule has 0 spiro atoms. The zero-order valence-corrected chi connectivity index (χ0v) is 14.9. The Labute approximate surface area is 154 Å². The van der Waals surface area contributed by atoms with Crippen molar-refractivity contribution in [3.63, 3.8) is 0 Å². The number of tetrazole rings is 1. The molecule has 6 nitrogen and oxygen atoms in total. The number of rotatable bonds is 5. The van der Waals surface area contributed by atoms with Crippen LogP contribution in [-0.2, 0) is 11.3 Å². The number of aromatic nitrogens is 4. The second kappa shape index (κ2) is 7.63. The van der Waals surface area contributed by atoms with Crippen molar-refractivity contribution in [3.8, 4) is 11.4 Å². The van der Waals surface area contributed by atoms with Gasteiger partial charge < -0.3 is 5.32 Å². The number of carbonyl (C=O) groups is 1. The van der Waals surface area contributed by atoms with Crippen LogP contribution in [0.5, 0.6) is 0 Å². The molecule has 0 saturated heterocycles. The van der Waals surface area contributed by atoms with Gasteiger partial charge >= 0.3 is 0 Å². The summed E-state index contributed by atoms with van der Waals surface area (Å²) in [5.74, 6) is 0.251. The van der Waals surface area contributed by atoms with E-state index in [9.17, 15) is 4.79 Å². The molecule has 0 aliphatic heterocycles. The SMILES string of the molecule is C[C@@H](NC(=O)Cn1nnc(-c2ccccc2)n1)c1ccc(Cl)c(Cl)c1. The molecular formula is C17H15Cl2N5O. The first kappa shape index (κ1) is 17.4. The number of halogens is 2. The van der Waals surface area contributed by atoms with E-state index in [1.165, 1.54) is 4.80 Å². The molecular weight excluding hydrogens is 361 g/mol. The van der Waals surface area contributed by atoms with Crippen LogP contribution in [0, 0.1) is 0 Å². The highest BCUT2D eigenvalue weighted by Gasteiger charge is 2.13. The van der Waals surface area contributed by atoms with Gasteiger partial charge in [-0.15, -0.1) is 10.2 Å². The molecule has 128 valence electrons. The van der Waals surface area contributed by atoms with E-state index in [0.717, 1.165) is 11.1 Å².